The number of amides is 3. The van der Waals surface area contributed by atoms with Crippen molar-refractivity contribution in [3.63, 3.8) is 0 Å². The molecule has 1 aliphatic heterocycles. The van der Waals surface area contributed by atoms with Crippen LogP contribution in [0.25, 0.3) is 0 Å². The zero-order valence-corrected chi connectivity index (χ0v) is 14.2. The number of urea groups is 1. The molecule has 1 heterocycles. The lowest BCUT2D eigenvalue weighted by Gasteiger charge is -2.12. The molecule has 24 heavy (non-hydrogen) atoms. The van der Waals surface area contributed by atoms with Gasteiger partial charge in [-0.1, -0.05) is 12.1 Å². The zero-order chi connectivity index (χ0) is 17.6. The second-order valence-electron chi connectivity index (χ2n) is 5.55. The van der Waals surface area contributed by atoms with Crippen LogP contribution in [0.2, 0.25) is 0 Å². The van der Waals surface area contributed by atoms with E-state index in [2.05, 4.69) is 16.0 Å². The van der Waals surface area contributed by atoms with Crippen LogP contribution >= 0.6 is 0 Å². The van der Waals surface area contributed by atoms with E-state index in [1.807, 2.05) is 12.1 Å². The highest BCUT2D eigenvalue weighted by molar-refractivity contribution is 7.91. The van der Waals surface area contributed by atoms with Crippen LogP contribution < -0.4 is 20.7 Å². The van der Waals surface area contributed by atoms with Crippen LogP contribution in [0.4, 0.5) is 4.79 Å². The third-order valence-corrected chi connectivity index (χ3v) is 5.39. The molecule has 1 aromatic carbocycles. The first-order valence-electron chi connectivity index (χ1n) is 7.52. The van der Waals surface area contributed by atoms with Crippen LogP contribution in [0.3, 0.4) is 0 Å². The number of carbonyl (C=O) groups is 2. The Kier molecular flexibility index (Phi) is 6.02. The van der Waals surface area contributed by atoms with Gasteiger partial charge in [0.25, 0.3) is 0 Å². The number of nitrogens with one attached hydrogen (secondary N) is 3. The molecule has 3 N–H and O–H groups in total. The summed E-state index contributed by atoms with van der Waals surface area (Å²) in [5, 5.41) is 7.65. The Hall–Kier alpha value is -2.29. The van der Waals surface area contributed by atoms with Gasteiger partial charge in [-0.05, 0) is 24.1 Å². The molecule has 132 valence electrons. The molecule has 0 saturated carbocycles. The molecule has 0 bridgehead atoms. The van der Waals surface area contributed by atoms with Crippen molar-refractivity contribution in [1.82, 2.24) is 16.0 Å². The fourth-order valence-electron chi connectivity index (χ4n) is 2.31. The molecular formula is C15H21N3O5S. The number of rotatable bonds is 6. The van der Waals surface area contributed by atoms with Crippen molar-refractivity contribution in [2.45, 2.75) is 19.0 Å². The van der Waals surface area contributed by atoms with E-state index in [9.17, 15) is 18.0 Å². The zero-order valence-electron chi connectivity index (χ0n) is 13.4. The monoisotopic (exact) mass is 355 g/mol. The number of hydrogen-bond donors (Lipinski definition) is 3. The van der Waals surface area contributed by atoms with Crippen LogP contribution in [-0.4, -0.2) is 51.6 Å². The Bertz CT molecular complexity index is 688. The van der Waals surface area contributed by atoms with E-state index < -0.39 is 21.9 Å². The molecule has 3 amide bonds. The number of sulfone groups is 1. The van der Waals surface area contributed by atoms with Crippen molar-refractivity contribution in [2.75, 3.05) is 25.2 Å². The molecular weight excluding hydrogens is 334 g/mol. The van der Waals surface area contributed by atoms with E-state index in [0.717, 1.165) is 11.3 Å². The third kappa shape index (κ3) is 5.73. The number of hydrogen-bond acceptors (Lipinski definition) is 5. The summed E-state index contributed by atoms with van der Waals surface area (Å²) in [5.41, 5.74) is 0.907. The molecule has 2 rings (SSSR count). The Morgan fingerprint density at radius 3 is 2.50 bits per heavy atom. The first kappa shape index (κ1) is 18.1. The molecule has 1 aromatic rings. The highest BCUT2D eigenvalue weighted by atomic mass is 32.2. The Labute approximate surface area is 140 Å². The summed E-state index contributed by atoms with van der Waals surface area (Å²) in [6.07, 6.45) is 0.402. The summed E-state index contributed by atoms with van der Waals surface area (Å²) < 4.78 is 27.7. The third-order valence-electron chi connectivity index (χ3n) is 3.63. The summed E-state index contributed by atoms with van der Waals surface area (Å²) in [6.45, 7) is 0.161. The molecule has 1 fully saturated rings. The normalized spacial score (nSPS) is 18.6. The van der Waals surface area contributed by atoms with Gasteiger partial charge in [-0.2, -0.15) is 0 Å². The van der Waals surface area contributed by atoms with Crippen molar-refractivity contribution < 1.29 is 22.7 Å². The summed E-state index contributed by atoms with van der Waals surface area (Å²) in [7, 11) is -1.47. The van der Waals surface area contributed by atoms with Crippen molar-refractivity contribution in [3.8, 4) is 5.75 Å². The summed E-state index contributed by atoms with van der Waals surface area (Å²) in [6, 6.07) is 6.32. The minimum atomic E-state index is -3.05. The lowest BCUT2D eigenvalue weighted by Crippen LogP contribution is -2.46. The lowest BCUT2D eigenvalue weighted by molar-refractivity contribution is -0.120. The average Bonchev–Trinajstić information content (AvgIpc) is 2.90. The first-order valence-corrected chi connectivity index (χ1v) is 9.34. The number of methoxy groups -OCH3 is 1. The van der Waals surface area contributed by atoms with Gasteiger partial charge in [0.15, 0.2) is 9.84 Å². The molecule has 0 unspecified atom stereocenters. The van der Waals surface area contributed by atoms with E-state index >= 15 is 0 Å². The molecule has 0 aromatic heterocycles. The Morgan fingerprint density at radius 1 is 1.21 bits per heavy atom. The molecule has 8 nitrogen and oxygen atoms in total. The minimum absolute atomic E-state index is 0.0515. The smallest absolute Gasteiger partial charge is 0.315 e. The van der Waals surface area contributed by atoms with Gasteiger partial charge in [-0.25, -0.2) is 13.2 Å². The fourth-order valence-corrected chi connectivity index (χ4v) is 3.99. The predicted octanol–water partition coefficient (Wildman–Crippen LogP) is -0.202. The number of carbonyl (C=O) groups excluding carboxylic acids is 2. The van der Waals surface area contributed by atoms with Gasteiger partial charge in [-0.3, -0.25) is 4.79 Å². The van der Waals surface area contributed by atoms with Gasteiger partial charge >= 0.3 is 6.03 Å². The van der Waals surface area contributed by atoms with E-state index in [1.54, 1.807) is 19.2 Å². The quantitative estimate of drug-likeness (QED) is 0.654. The van der Waals surface area contributed by atoms with Crippen LogP contribution in [0, 0.1) is 0 Å². The van der Waals surface area contributed by atoms with Crippen molar-refractivity contribution in [1.29, 1.82) is 0 Å². The standard InChI is InChI=1S/C15H21N3O5S/c1-23-13-4-2-11(3-5-13)8-16-14(19)9-17-15(20)18-12-6-7-24(21,22)10-12/h2-5,12H,6-10H2,1H3,(H,16,19)(H2,17,18,20)/t12-/m1/s1. The first-order chi connectivity index (χ1) is 11.4. The molecule has 0 radical (unpaired) electrons. The fraction of sp³-hybridized carbons (Fsp3) is 0.467. The number of ether oxygens (including phenoxy) is 1. The van der Waals surface area contributed by atoms with E-state index in [1.165, 1.54) is 0 Å². The molecule has 9 heteroatoms. The predicted molar refractivity (Wildman–Crippen MR) is 88.4 cm³/mol. The van der Waals surface area contributed by atoms with E-state index in [0.29, 0.717) is 13.0 Å². The van der Waals surface area contributed by atoms with Gasteiger partial charge in [0.05, 0.1) is 25.2 Å². The molecule has 1 atom stereocenters. The maximum absolute atomic E-state index is 11.7. The maximum Gasteiger partial charge on any atom is 0.315 e. The maximum atomic E-state index is 11.7. The van der Waals surface area contributed by atoms with Crippen LogP contribution in [0.5, 0.6) is 5.75 Å². The lowest BCUT2D eigenvalue weighted by atomic mass is 10.2. The second-order valence-corrected chi connectivity index (χ2v) is 7.78. The summed E-state index contributed by atoms with van der Waals surface area (Å²) in [5.74, 6) is 0.432. The minimum Gasteiger partial charge on any atom is -0.497 e. The van der Waals surface area contributed by atoms with Crippen molar-refractivity contribution in [2.24, 2.45) is 0 Å². The number of benzene rings is 1. The topological polar surface area (TPSA) is 114 Å². The van der Waals surface area contributed by atoms with Crippen LogP contribution in [0.15, 0.2) is 24.3 Å². The molecule has 0 aliphatic carbocycles. The Morgan fingerprint density at radius 2 is 1.92 bits per heavy atom. The Balaban J connectivity index is 1.66. The van der Waals surface area contributed by atoms with Crippen LogP contribution in [-0.2, 0) is 21.2 Å². The van der Waals surface area contributed by atoms with Crippen molar-refractivity contribution in [3.05, 3.63) is 29.8 Å². The highest BCUT2D eigenvalue weighted by Crippen LogP contribution is 2.11. The van der Waals surface area contributed by atoms with Gasteiger partial charge in [0.1, 0.15) is 5.75 Å². The highest BCUT2D eigenvalue weighted by Gasteiger charge is 2.28. The molecule has 1 aliphatic rings. The molecule has 1 saturated heterocycles. The SMILES string of the molecule is COc1ccc(CNC(=O)CNC(=O)N[C@@H]2CCS(=O)(=O)C2)cc1. The van der Waals surface area contributed by atoms with Gasteiger partial charge in [0.2, 0.25) is 5.91 Å². The van der Waals surface area contributed by atoms with Gasteiger partial charge < -0.3 is 20.7 Å². The summed E-state index contributed by atoms with van der Waals surface area (Å²) in [4.78, 5) is 23.4. The van der Waals surface area contributed by atoms with E-state index in [4.69, 9.17) is 4.74 Å². The van der Waals surface area contributed by atoms with Gasteiger partial charge in [0, 0.05) is 12.6 Å². The summed E-state index contributed by atoms with van der Waals surface area (Å²) >= 11 is 0. The van der Waals surface area contributed by atoms with Crippen LogP contribution in [0.1, 0.15) is 12.0 Å². The second kappa shape index (κ2) is 8.00. The van der Waals surface area contributed by atoms with E-state index in [-0.39, 0.29) is 24.0 Å². The average molecular weight is 355 g/mol. The largest absolute Gasteiger partial charge is 0.497 e. The van der Waals surface area contributed by atoms with Gasteiger partial charge in [-0.15, -0.1) is 0 Å². The van der Waals surface area contributed by atoms with Crippen molar-refractivity contribution >= 4 is 21.8 Å². The molecule has 0 spiro atoms.